The monoisotopic (exact) mass is 542 g/mol. The average molecular weight is 543 g/mol. The van der Waals surface area contributed by atoms with Crippen LogP contribution >= 0.6 is 0 Å². The zero-order valence-electron chi connectivity index (χ0n) is 22.0. The number of aromatic nitrogens is 1. The summed E-state index contributed by atoms with van der Waals surface area (Å²) in [6.45, 7) is 5.79. The molecule has 11 heteroatoms. The van der Waals surface area contributed by atoms with Gasteiger partial charge in [0.1, 0.15) is 0 Å². The summed E-state index contributed by atoms with van der Waals surface area (Å²) in [5.41, 5.74) is 6.81. The van der Waals surface area contributed by atoms with Gasteiger partial charge in [-0.1, -0.05) is 25.1 Å². The molecule has 2 aromatic carbocycles. The van der Waals surface area contributed by atoms with E-state index in [2.05, 4.69) is 10.3 Å². The number of carbonyl (C=O) groups excluding carboxylic acids is 3. The van der Waals surface area contributed by atoms with Crippen molar-refractivity contribution in [1.29, 1.82) is 0 Å². The van der Waals surface area contributed by atoms with Crippen LogP contribution in [0, 0.1) is 13.8 Å². The van der Waals surface area contributed by atoms with Crippen molar-refractivity contribution in [1.82, 2.24) is 4.98 Å². The minimum absolute atomic E-state index is 0.246. The highest BCUT2D eigenvalue weighted by atomic mass is 19.4. The van der Waals surface area contributed by atoms with E-state index in [4.69, 9.17) is 10.5 Å². The normalized spacial score (nSPS) is 11.2. The highest BCUT2D eigenvalue weighted by Crippen LogP contribution is 2.42. The molecule has 1 aromatic heterocycles. The maximum Gasteiger partial charge on any atom is 0.418 e. The third-order valence-electron chi connectivity index (χ3n) is 5.78. The lowest BCUT2D eigenvalue weighted by Crippen LogP contribution is -2.24. The number of anilines is 2. The van der Waals surface area contributed by atoms with Gasteiger partial charge in [-0.2, -0.15) is 13.2 Å². The highest BCUT2D eigenvalue weighted by Gasteiger charge is 2.36. The van der Waals surface area contributed by atoms with E-state index in [9.17, 15) is 27.6 Å². The van der Waals surface area contributed by atoms with Crippen molar-refractivity contribution in [3.05, 3.63) is 71.0 Å². The quantitative estimate of drug-likeness (QED) is 0.257. The SMILES string of the molecule is CCCN(C)c1cc(OC(N)=O)c(NC(=O)CC(=O)c2cccc(-c3cc(C)nc(C)c3)c2)cc1C(F)(F)F. The van der Waals surface area contributed by atoms with Crippen LogP contribution in [0.15, 0.2) is 48.5 Å². The molecule has 0 bridgehead atoms. The molecule has 3 aromatic rings. The summed E-state index contributed by atoms with van der Waals surface area (Å²) in [6.07, 6.45) is -6.15. The number of nitrogens with zero attached hydrogens (tertiary/aromatic N) is 2. The molecule has 0 atom stereocenters. The Morgan fingerprint density at radius 2 is 1.69 bits per heavy atom. The number of hydrogen-bond donors (Lipinski definition) is 2. The first-order chi connectivity index (χ1) is 18.3. The lowest BCUT2D eigenvalue weighted by atomic mass is 9.99. The number of Topliss-reactive ketones (excluding diaryl/α,β-unsaturated/α-hetero) is 1. The van der Waals surface area contributed by atoms with Gasteiger partial charge < -0.3 is 20.7 Å². The van der Waals surface area contributed by atoms with Crippen LogP contribution in [0.2, 0.25) is 0 Å². The molecule has 1 heterocycles. The number of rotatable bonds is 9. The third kappa shape index (κ3) is 7.56. The molecular weight excluding hydrogens is 513 g/mol. The molecular formula is C28H29F3N4O4. The van der Waals surface area contributed by atoms with Crippen molar-refractivity contribution in [2.75, 3.05) is 23.8 Å². The fourth-order valence-corrected chi connectivity index (χ4v) is 4.17. The molecule has 0 radical (unpaired) electrons. The molecule has 0 aliphatic rings. The third-order valence-corrected chi connectivity index (χ3v) is 5.78. The molecule has 8 nitrogen and oxygen atoms in total. The van der Waals surface area contributed by atoms with Gasteiger partial charge in [0.15, 0.2) is 11.5 Å². The number of nitrogens with two attached hydrogens (primary N) is 1. The summed E-state index contributed by atoms with van der Waals surface area (Å²) < 4.78 is 46.6. The maximum absolute atomic E-state index is 13.9. The van der Waals surface area contributed by atoms with Gasteiger partial charge in [0, 0.05) is 36.6 Å². The van der Waals surface area contributed by atoms with Crippen LogP contribution < -0.4 is 20.7 Å². The standard InChI is InChI=1S/C28H29F3N4O4/c1-5-9-35(4)23-14-25(39-27(32)38)22(13-21(23)28(29,30)31)34-26(37)15-24(36)19-8-6-7-18(12-19)20-10-16(2)33-17(3)11-20/h6-8,10-14H,5,9,15H2,1-4H3,(H2,32,38)(H,34,37). The molecule has 0 aliphatic heterocycles. The predicted molar refractivity (Wildman–Crippen MR) is 142 cm³/mol. The van der Waals surface area contributed by atoms with Crippen LogP contribution in [-0.4, -0.2) is 36.4 Å². The Hall–Kier alpha value is -4.41. The Kier molecular flexibility index (Phi) is 8.95. The Morgan fingerprint density at radius 1 is 1.03 bits per heavy atom. The molecule has 3 rings (SSSR count). The number of hydrogen-bond acceptors (Lipinski definition) is 6. The van der Waals surface area contributed by atoms with Crippen LogP contribution in [-0.2, 0) is 11.0 Å². The van der Waals surface area contributed by atoms with E-state index in [1.54, 1.807) is 25.1 Å². The number of halogens is 3. The van der Waals surface area contributed by atoms with Gasteiger partial charge >= 0.3 is 12.3 Å². The molecule has 0 unspecified atom stereocenters. The first kappa shape index (κ1) is 29.2. The van der Waals surface area contributed by atoms with E-state index in [-0.39, 0.29) is 23.5 Å². The molecule has 39 heavy (non-hydrogen) atoms. The van der Waals surface area contributed by atoms with Crippen LogP contribution in [0.25, 0.3) is 11.1 Å². The molecule has 0 saturated carbocycles. The Balaban J connectivity index is 1.89. The van der Waals surface area contributed by atoms with Crippen LogP contribution in [0.3, 0.4) is 0 Å². The molecule has 0 aliphatic carbocycles. The lowest BCUT2D eigenvalue weighted by molar-refractivity contribution is -0.137. The van der Waals surface area contributed by atoms with Crippen molar-refractivity contribution in [3.8, 4) is 16.9 Å². The smallest absolute Gasteiger partial charge is 0.408 e. The number of alkyl halides is 3. The van der Waals surface area contributed by atoms with Gasteiger partial charge in [-0.3, -0.25) is 14.6 Å². The fourth-order valence-electron chi connectivity index (χ4n) is 4.17. The van der Waals surface area contributed by atoms with Crippen LogP contribution in [0.5, 0.6) is 5.75 Å². The summed E-state index contributed by atoms with van der Waals surface area (Å²) in [4.78, 5) is 42.8. The number of pyridine rings is 1. The number of carbonyl (C=O) groups is 3. The van der Waals surface area contributed by atoms with E-state index >= 15 is 0 Å². The van der Waals surface area contributed by atoms with Crippen LogP contribution in [0.1, 0.15) is 47.1 Å². The van der Waals surface area contributed by atoms with Crippen molar-refractivity contribution in [2.24, 2.45) is 5.73 Å². The number of primary amides is 1. The van der Waals surface area contributed by atoms with Gasteiger partial charge in [-0.05, 0) is 55.7 Å². The minimum Gasteiger partial charge on any atom is -0.408 e. The Morgan fingerprint density at radius 3 is 2.28 bits per heavy atom. The lowest BCUT2D eigenvalue weighted by Gasteiger charge is -2.25. The minimum atomic E-state index is -4.78. The highest BCUT2D eigenvalue weighted by molar-refractivity contribution is 6.11. The van der Waals surface area contributed by atoms with Gasteiger partial charge in [0.05, 0.1) is 23.4 Å². The number of ketones is 1. The van der Waals surface area contributed by atoms with Crippen LogP contribution in [0.4, 0.5) is 29.3 Å². The first-order valence-electron chi connectivity index (χ1n) is 12.1. The van der Waals surface area contributed by atoms with Crippen molar-refractivity contribution in [2.45, 2.75) is 39.8 Å². The summed E-state index contributed by atoms with van der Waals surface area (Å²) in [6, 6.07) is 12.0. The number of benzene rings is 2. The molecule has 0 fully saturated rings. The van der Waals surface area contributed by atoms with Crippen molar-refractivity contribution in [3.63, 3.8) is 0 Å². The molecule has 3 N–H and O–H groups in total. The number of ether oxygens (including phenoxy) is 1. The van der Waals surface area contributed by atoms with Crippen molar-refractivity contribution < 1.29 is 32.3 Å². The molecule has 206 valence electrons. The summed E-state index contributed by atoms with van der Waals surface area (Å²) >= 11 is 0. The van der Waals surface area contributed by atoms with Crippen molar-refractivity contribution >= 4 is 29.2 Å². The second kappa shape index (κ2) is 12.0. The largest absolute Gasteiger partial charge is 0.418 e. The van der Waals surface area contributed by atoms with E-state index in [0.717, 1.165) is 28.6 Å². The predicted octanol–water partition coefficient (Wildman–Crippen LogP) is 5.90. The van der Waals surface area contributed by atoms with Gasteiger partial charge in [-0.15, -0.1) is 0 Å². The Bertz CT molecular complexity index is 1390. The topological polar surface area (TPSA) is 115 Å². The zero-order chi connectivity index (χ0) is 28.9. The molecule has 0 spiro atoms. The number of nitrogens with one attached hydrogen (secondary N) is 1. The summed E-state index contributed by atoms with van der Waals surface area (Å²) in [5, 5.41) is 2.27. The van der Waals surface area contributed by atoms with E-state index < -0.39 is 41.6 Å². The first-order valence-corrected chi connectivity index (χ1v) is 12.1. The molecule has 2 amide bonds. The van der Waals surface area contributed by atoms with E-state index in [0.29, 0.717) is 12.5 Å². The molecule has 0 saturated heterocycles. The number of aryl methyl sites for hydroxylation is 2. The van der Waals surface area contributed by atoms with E-state index in [1.165, 1.54) is 11.9 Å². The maximum atomic E-state index is 13.9. The van der Waals surface area contributed by atoms with Gasteiger partial charge in [0.2, 0.25) is 5.91 Å². The Labute approximate surface area is 224 Å². The number of amides is 2. The fraction of sp³-hybridized carbons (Fsp3) is 0.286. The summed E-state index contributed by atoms with van der Waals surface area (Å²) in [7, 11) is 1.46. The van der Waals surface area contributed by atoms with E-state index in [1.807, 2.05) is 32.0 Å². The van der Waals surface area contributed by atoms with Gasteiger partial charge in [-0.25, -0.2) is 4.79 Å². The summed E-state index contributed by atoms with van der Waals surface area (Å²) in [5.74, 6) is -1.82. The zero-order valence-corrected chi connectivity index (χ0v) is 22.0. The average Bonchev–Trinajstić information content (AvgIpc) is 2.83. The second-order valence-corrected chi connectivity index (χ2v) is 9.07. The second-order valence-electron chi connectivity index (χ2n) is 9.07. The van der Waals surface area contributed by atoms with Gasteiger partial charge in [0.25, 0.3) is 0 Å².